The Balaban J connectivity index is 2.79. The molecule has 56 valence electrons. The Labute approximate surface area is 63.9 Å². The van der Waals surface area contributed by atoms with Gasteiger partial charge in [-0.15, -0.1) is 0 Å². The first-order valence-electron chi connectivity index (χ1n) is 3.37. The Morgan fingerprint density at radius 3 is 3.09 bits per heavy atom. The van der Waals surface area contributed by atoms with Crippen LogP contribution in [-0.2, 0) is 0 Å². The van der Waals surface area contributed by atoms with Crippen molar-refractivity contribution in [3.05, 3.63) is 24.7 Å². The zero-order valence-electron chi connectivity index (χ0n) is 6.15. The van der Waals surface area contributed by atoms with Crippen LogP contribution in [0.4, 0.5) is 5.95 Å². The van der Waals surface area contributed by atoms with E-state index >= 15 is 0 Å². The topological polar surface area (TPSA) is 42.2 Å². The third-order valence-corrected chi connectivity index (χ3v) is 1.54. The third-order valence-electron chi connectivity index (χ3n) is 1.54. The van der Waals surface area contributed by atoms with Gasteiger partial charge in [-0.2, -0.15) is 0 Å². The summed E-state index contributed by atoms with van der Waals surface area (Å²) in [6.07, 6.45) is 5.35. The quantitative estimate of drug-likeness (QED) is 0.649. The monoisotopic (exact) mass is 148 g/mol. The van der Waals surface area contributed by atoms with Gasteiger partial charge >= 0.3 is 0 Å². The minimum Gasteiger partial charge on any atom is -0.358 e. The Hall–Kier alpha value is -1.58. The molecule has 0 radical (unpaired) electrons. The van der Waals surface area contributed by atoms with Crippen LogP contribution < -0.4 is 5.32 Å². The fourth-order valence-corrected chi connectivity index (χ4v) is 1.04. The largest absolute Gasteiger partial charge is 0.358 e. The van der Waals surface area contributed by atoms with E-state index in [-0.39, 0.29) is 0 Å². The van der Waals surface area contributed by atoms with Crippen LogP contribution in [0.15, 0.2) is 24.7 Å². The van der Waals surface area contributed by atoms with Gasteiger partial charge in [0.25, 0.3) is 0 Å². The molecule has 11 heavy (non-hydrogen) atoms. The molecule has 0 aliphatic carbocycles. The van der Waals surface area contributed by atoms with Crippen molar-refractivity contribution in [3.63, 3.8) is 0 Å². The standard InChI is InChI=1S/C7H8N4/c1-8-7-10-3-2-6-9-4-5-11(6)7/h2-5H,1H3,(H,8,10). The fraction of sp³-hybridized carbons (Fsp3) is 0.143. The molecule has 0 aromatic carbocycles. The predicted molar refractivity (Wildman–Crippen MR) is 42.5 cm³/mol. The number of hydrogen-bond acceptors (Lipinski definition) is 3. The van der Waals surface area contributed by atoms with E-state index < -0.39 is 0 Å². The van der Waals surface area contributed by atoms with E-state index in [2.05, 4.69) is 15.3 Å². The van der Waals surface area contributed by atoms with Crippen LogP contribution in [0.5, 0.6) is 0 Å². The molecule has 2 heterocycles. The molecule has 0 amide bonds. The van der Waals surface area contributed by atoms with E-state index in [1.54, 1.807) is 12.4 Å². The Bertz CT molecular complexity index is 365. The van der Waals surface area contributed by atoms with Crippen molar-refractivity contribution < 1.29 is 0 Å². The highest BCUT2D eigenvalue weighted by Gasteiger charge is 1.96. The Morgan fingerprint density at radius 1 is 1.36 bits per heavy atom. The maximum atomic E-state index is 4.11. The van der Waals surface area contributed by atoms with Crippen LogP contribution in [-0.4, -0.2) is 21.4 Å². The second-order valence-electron chi connectivity index (χ2n) is 2.17. The molecule has 0 atom stereocenters. The smallest absolute Gasteiger partial charge is 0.208 e. The predicted octanol–water partition coefficient (Wildman–Crippen LogP) is 0.771. The molecule has 0 aliphatic rings. The summed E-state index contributed by atoms with van der Waals surface area (Å²) in [6, 6.07) is 1.86. The van der Waals surface area contributed by atoms with Gasteiger partial charge in [0, 0.05) is 25.6 Å². The number of hydrogen-bond donors (Lipinski definition) is 1. The Kier molecular flexibility index (Phi) is 1.25. The van der Waals surface area contributed by atoms with Crippen molar-refractivity contribution >= 4 is 11.6 Å². The van der Waals surface area contributed by atoms with Crippen molar-refractivity contribution in [2.24, 2.45) is 0 Å². The molecular weight excluding hydrogens is 140 g/mol. The maximum Gasteiger partial charge on any atom is 0.208 e. The number of anilines is 1. The summed E-state index contributed by atoms with van der Waals surface area (Å²) in [5.41, 5.74) is 0.907. The highest BCUT2D eigenvalue weighted by molar-refractivity contribution is 5.44. The molecule has 1 N–H and O–H groups in total. The summed E-state index contributed by atoms with van der Waals surface area (Å²) >= 11 is 0. The number of fused-ring (bicyclic) bond motifs is 1. The lowest BCUT2D eigenvalue weighted by Gasteiger charge is -2.00. The van der Waals surface area contributed by atoms with E-state index in [9.17, 15) is 0 Å². The summed E-state index contributed by atoms with van der Waals surface area (Å²) in [5.74, 6) is 0.806. The minimum atomic E-state index is 0.806. The first-order valence-corrected chi connectivity index (χ1v) is 3.37. The van der Waals surface area contributed by atoms with Gasteiger partial charge in [0.15, 0.2) is 0 Å². The van der Waals surface area contributed by atoms with Gasteiger partial charge in [0.05, 0.1) is 0 Å². The summed E-state index contributed by atoms with van der Waals surface area (Å²) in [6.45, 7) is 0. The van der Waals surface area contributed by atoms with E-state index in [1.807, 2.05) is 23.7 Å². The molecular formula is C7H8N4. The molecule has 0 bridgehead atoms. The minimum absolute atomic E-state index is 0.806. The highest BCUT2D eigenvalue weighted by atomic mass is 15.2. The van der Waals surface area contributed by atoms with Gasteiger partial charge < -0.3 is 5.32 Å². The molecule has 4 nitrogen and oxygen atoms in total. The van der Waals surface area contributed by atoms with Crippen molar-refractivity contribution in [2.45, 2.75) is 0 Å². The average molecular weight is 148 g/mol. The zero-order valence-corrected chi connectivity index (χ0v) is 6.15. The van der Waals surface area contributed by atoms with E-state index in [4.69, 9.17) is 0 Å². The van der Waals surface area contributed by atoms with Crippen LogP contribution in [0.25, 0.3) is 5.65 Å². The van der Waals surface area contributed by atoms with Crippen molar-refractivity contribution in [1.29, 1.82) is 0 Å². The van der Waals surface area contributed by atoms with Gasteiger partial charge in [-0.25, -0.2) is 9.97 Å². The molecule has 0 fully saturated rings. The first kappa shape index (κ1) is 6.15. The summed E-state index contributed by atoms with van der Waals surface area (Å²) < 4.78 is 1.89. The lowest BCUT2D eigenvalue weighted by atomic mass is 10.6. The number of imidazole rings is 1. The van der Waals surface area contributed by atoms with Gasteiger partial charge in [-0.3, -0.25) is 4.40 Å². The van der Waals surface area contributed by atoms with Gasteiger partial charge in [-0.1, -0.05) is 0 Å². The summed E-state index contributed by atoms with van der Waals surface area (Å²) in [4.78, 5) is 8.22. The molecule has 2 rings (SSSR count). The van der Waals surface area contributed by atoms with Crippen LogP contribution >= 0.6 is 0 Å². The van der Waals surface area contributed by atoms with E-state index in [1.165, 1.54) is 0 Å². The van der Waals surface area contributed by atoms with Gasteiger partial charge in [-0.05, 0) is 6.07 Å². The Morgan fingerprint density at radius 2 is 2.27 bits per heavy atom. The second kappa shape index (κ2) is 2.23. The number of rotatable bonds is 1. The van der Waals surface area contributed by atoms with Crippen molar-refractivity contribution in [1.82, 2.24) is 14.4 Å². The van der Waals surface area contributed by atoms with Crippen molar-refractivity contribution in [2.75, 3.05) is 12.4 Å². The normalized spacial score (nSPS) is 10.3. The average Bonchev–Trinajstić information content (AvgIpc) is 2.50. The maximum absolute atomic E-state index is 4.11. The summed E-state index contributed by atoms with van der Waals surface area (Å²) in [5, 5.41) is 2.97. The van der Waals surface area contributed by atoms with Crippen LogP contribution in [0.3, 0.4) is 0 Å². The molecule has 0 spiro atoms. The van der Waals surface area contributed by atoms with Gasteiger partial charge in [0.2, 0.25) is 5.95 Å². The zero-order chi connectivity index (χ0) is 7.68. The van der Waals surface area contributed by atoms with Gasteiger partial charge in [0.1, 0.15) is 5.65 Å². The lowest BCUT2D eigenvalue weighted by Crippen LogP contribution is -1.98. The number of aromatic nitrogens is 3. The van der Waals surface area contributed by atoms with Crippen molar-refractivity contribution in [3.8, 4) is 0 Å². The first-order chi connectivity index (χ1) is 5.42. The number of nitrogens with one attached hydrogen (secondary N) is 1. The number of nitrogens with zero attached hydrogens (tertiary/aromatic N) is 3. The summed E-state index contributed by atoms with van der Waals surface area (Å²) in [7, 11) is 1.84. The van der Waals surface area contributed by atoms with Crippen LogP contribution in [0, 0.1) is 0 Å². The molecule has 0 aliphatic heterocycles. The molecule has 4 heteroatoms. The van der Waals surface area contributed by atoms with Crippen LogP contribution in [0.2, 0.25) is 0 Å². The second-order valence-corrected chi connectivity index (χ2v) is 2.17. The molecule has 0 saturated heterocycles. The lowest BCUT2D eigenvalue weighted by molar-refractivity contribution is 1.08. The third kappa shape index (κ3) is 0.832. The molecule has 2 aromatic heterocycles. The molecule has 0 unspecified atom stereocenters. The van der Waals surface area contributed by atoms with Crippen LogP contribution in [0.1, 0.15) is 0 Å². The fourth-order valence-electron chi connectivity index (χ4n) is 1.04. The van der Waals surface area contributed by atoms with E-state index in [0.717, 1.165) is 11.6 Å². The highest BCUT2D eigenvalue weighted by Crippen LogP contribution is 2.05. The molecule has 0 saturated carbocycles. The van der Waals surface area contributed by atoms with E-state index in [0.29, 0.717) is 0 Å². The SMILES string of the molecule is CNc1nccc2nccn12. The molecule has 2 aromatic rings.